The molecule has 5 aromatic rings. The Hall–Kier alpha value is -5.88. The number of rotatable bonds is 10. The van der Waals surface area contributed by atoms with Crippen molar-refractivity contribution in [3.05, 3.63) is 159 Å². The molecule has 42 heavy (non-hydrogen) atoms. The normalized spacial score (nSPS) is 10.3. The molecule has 0 saturated heterocycles. The van der Waals surface area contributed by atoms with E-state index < -0.39 is 11.9 Å². The van der Waals surface area contributed by atoms with Crippen molar-refractivity contribution in [1.29, 1.82) is 0 Å². The van der Waals surface area contributed by atoms with E-state index in [0.717, 1.165) is 46.3 Å². The van der Waals surface area contributed by atoms with Gasteiger partial charge in [0.05, 0.1) is 0 Å². The molecule has 206 valence electrons. The monoisotopic (exact) mass is 552 g/mol. The summed E-state index contributed by atoms with van der Waals surface area (Å²) in [5.74, 6) is -0.369. The molecule has 0 fully saturated rings. The number of carbonyl (C=O) groups excluding carboxylic acids is 2. The second kappa shape index (κ2) is 13.0. The van der Waals surface area contributed by atoms with Crippen LogP contribution in [0.15, 0.2) is 159 Å². The highest BCUT2D eigenvalue weighted by Gasteiger charge is 2.17. The molecule has 0 saturated carbocycles. The quantitative estimate of drug-likeness (QED) is 0.0980. The first kappa shape index (κ1) is 27.7. The summed E-state index contributed by atoms with van der Waals surface area (Å²) in [7, 11) is 0. The van der Waals surface area contributed by atoms with Gasteiger partial charge >= 0.3 is 11.9 Å². The van der Waals surface area contributed by atoms with Gasteiger partial charge in [-0.1, -0.05) is 61.7 Å². The van der Waals surface area contributed by atoms with Crippen molar-refractivity contribution in [2.24, 2.45) is 0 Å². The number of nitrogens with zero attached hydrogens (tertiary/aromatic N) is 2. The first-order chi connectivity index (χ1) is 20.6. The Labute approximate surface area is 245 Å². The summed E-state index contributed by atoms with van der Waals surface area (Å²) in [6.07, 6.45) is 2.23. The van der Waals surface area contributed by atoms with Crippen LogP contribution in [0, 0.1) is 0 Å². The minimum absolute atomic E-state index is 0.368. The van der Waals surface area contributed by atoms with Crippen LogP contribution in [0.25, 0.3) is 0 Å². The van der Waals surface area contributed by atoms with Crippen LogP contribution < -0.4 is 19.3 Å². The highest BCUT2D eigenvalue weighted by Crippen LogP contribution is 2.40. The van der Waals surface area contributed by atoms with Crippen LogP contribution in [0.2, 0.25) is 0 Å². The number of hydrogen-bond donors (Lipinski definition) is 0. The zero-order valence-corrected chi connectivity index (χ0v) is 22.8. The van der Waals surface area contributed by atoms with Crippen LogP contribution in [-0.4, -0.2) is 11.9 Å². The molecule has 5 rings (SSSR count). The topological polar surface area (TPSA) is 59.1 Å². The lowest BCUT2D eigenvalue weighted by atomic mass is 10.1. The number of carbonyl (C=O) groups is 2. The third-order valence-electron chi connectivity index (χ3n) is 6.32. The fraction of sp³-hybridized carbons (Fsp3) is 0. The molecule has 6 heteroatoms. The molecule has 0 unspecified atom stereocenters. The number of hydrogen-bond acceptors (Lipinski definition) is 6. The van der Waals surface area contributed by atoms with Crippen LogP contribution in [0.4, 0.5) is 34.1 Å². The van der Waals surface area contributed by atoms with Crippen molar-refractivity contribution in [3.8, 4) is 11.5 Å². The number of para-hydroxylation sites is 2. The summed E-state index contributed by atoms with van der Waals surface area (Å²) >= 11 is 0. The van der Waals surface area contributed by atoms with Crippen LogP contribution in [-0.2, 0) is 9.59 Å². The maximum atomic E-state index is 11.9. The Bertz CT molecular complexity index is 1600. The minimum Gasteiger partial charge on any atom is -0.423 e. The number of ether oxygens (including phenoxy) is 2. The molecule has 0 aromatic heterocycles. The summed E-state index contributed by atoms with van der Waals surface area (Å²) in [5.41, 5.74) is 5.32. The SMILES string of the molecule is C=CC(=O)Oc1cccc(N(c2ccc(N(c3ccccc3)c3ccccc3)cc2)c2cccc(OC(=O)C=C)c2)c1. The lowest BCUT2D eigenvalue weighted by Gasteiger charge is -2.28. The molecule has 0 amide bonds. The molecule has 0 N–H and O–H groups in total. The van der Waals surface area contributed by atoms with Gasteiger partial charge in [0, 0.05) is 58.4 Å². The lowest BCUT2D eigenvalue weighted by Crippen LogP contribution is -2.13. The van der Waals surface area contributed by atoms with Crippen molar-refractivity contribution < 1.29 is 19.1 Å². The van der Waals surface area contributed by atoms with Crippen molar-refractivity contribution >= 4 is 46.1 Å². The van der Waals surface area contributed by atoms with Crippen molar-refractivity contribution in [2.45, 2.75) is 0 Å². The summed E-state index contributed by atoms with van der Waals surface area (Å²) in [5, 5.41) is 0. The summed E-state index contributed by atoms with van der Waals surface area (Å²) in [6, 6.07) is 42.8. The van der Waals surface area contributed by atoms with Crippen molar-refractivity contribution in [1.82, 2.24) is 0 Å². The van der Waals surface area contributed by atoms with Crippen LogP contribution in [0.5, 0.6) is 11.5 Å². The molecule has 0 aliphatic carbocycles. The number of anilines is 6. The van der Waals surface area contributed by atoms with E-state index in [1.165, 1.54) is 0 Å². The molecular formula is C36H28N2O4. The summed E-state index contributed by atoms with van der Waals surface area (Å²) in [4.78, 5) is 28.0. The van der Waals surface area contributed by atoms with Gasteiger partial charge in [-0.3, -0.25) is 0 Å². The molecule has 0 radical (unpaired) electrons. The Morgan fingerprint density at radius 3 is 1.17 bits per heavy atom. The second-order valence-corrected chi connectivity index (χ2v) is 9.10. The standard InChI is InChI=1S/C36H28N2O4/c1-3-35(39)41-33-19-11-17-31(25-33)38(32-18-12-20-34(26-32)42-36(40)4-2)30-23-21-29(22-24-30)37(27-13-7-5-8-14-27)28-15-9-6-10-16-28/h3-26H,1-2H2. The van der Waals surface area contributed by atoms with Crippen molar-refractivity contribution in [2.75, 3.05) is 9.80 Å². The lowest BCUT2D eigenvalue weighted by molar-refractivity contribution is -0.129. The molecular weight excluding hydrogens is 524 g/mol. The Kier molecular flexibility index (Phi) is 8.56. The Balaban J connectivity index is 1.58. The average Bonchev–Trinajstić information content (AvgIpc) is 3.03. The van der Waals surface area contributed by atoms with E-state index in [9.17, 15) is 9.59 Å². The molecule has 5 aromatic carbocycles. The Morgan fingerprint density at radius 2 is 0.786 bits per heavy atom. The maximum absolute atomic E-state index is 11.9. The van der Waals surface area contributed by atoms with Gasteiger partial charge in [-0.25, -0.2) is 9.59 Å². The number of esters is 2. The zero-order chi connectivity index (χ0) is 29.3. The van der Waals surface area contributed by atoms with Gasteiger partial charge in [-0.2, -0.15) is 0 Å². The van der Waals surface area contributed by atoms with Crippen LogP contribution in [0.1, 0.15) is 0 Å². The first-order valence-corrected chi connectivity index (χ1v) is 13.2. The van der Waals surface area contributed by atoms with Gasteiger partial charge in [-0.15, -0.1) is 0 Å². The van der Waals surface area contributed by atoms with Crippen LogP contribution >= 0.6 is 0 Å². The van der Waals surface area contributed by atoms with Crippen LogP contribution in [0.3, 0.4) is 0 Å². The largest absolute Gasteiger partial charge is 0.423 e. The molecule has 0 aliphatic rings. The van der Waals surface area contributed by atoms with E-state index in [-0.39, 0.29) is 0 Å². The minimum atomic E-state index is -0.552. The van der Waals surface area contributed by atoms with Crippen molar-refractivity contribution in [3.63, 3.8) is 0 Å². The van der Waals surface area contributed by atoms with Gasteiger partial charge in [0.2, 0.25) is 0 Å². The number of benzene rings is 5. The molecule has 0 heterocycles. The van der Waals surface area contributed by atoms with Gasteiger partial charge in [0.15, 0.2) is 0 Å². The Morgan fingerprint density at radius 1 is 0.452 bits per heavy atom. The molecule has 0 spiro atoms. The highest BCUT2D eigenvalue weighted by atomic mass is 16.5. The zero-order valence-electron chi connectivity index (χ0n) is 22.8. The molecule has 0 bridgehead atoms. The van der Waals surface area contributed by atoms with E-state index in [4.69, 9.17) is 9.47 Å². The predicted octanol–water partition coefficient (Wildman–Crippen LogP) is 8.81. The van der Waals surface area contributed by atoms with Gasteiger partial charge in [-0.05, 0) is 72.8 Å². The fourth-order valence-electron chi connectivity index (χ4n) is 4.49. The molecule has 0 atom stereocenters. The van der Waals surface area contributed by atoms with E-state index in [0.29, 0.717) is 11.5 Å². The van der Waals surface area contributed by atoms with Gasteiger partial charge < -0.3 is 19.3 Å². The van der Waals surface area contributed by atoms with E-state index in [2.05, 4.69) is 42.3 Å². The average molecular weight is 553 g/mol. The first-order valence-electron chi connectivity index (χ1n) is 13.2. The smallest absolute Gasteiger partial charge is 0.335 e. The van der Waals surface area contributed by atoms with E-state index >= 15 is 0 Å². The third-order valence-corrected chi connectivity index (χ3v) is 6.32. The fourth-order valence-corrected chi connectivity index (χ4v) is 4.49. The molecule has 6 nitrogen and oxygen atoms in total. The summed E-state index contributed by atoms with van der Waals surface area (Å²) < 4.78 is 10.8. The highest BCUT2D eigenvalue weighted by molar-refractivity contribution is 5.86. The molecule has 0 aliphatic heterocycles. The van der Waals surface area contributed by atoms with Gasteiger partial charge in [0.25, 0.3) is 0 Å². The second-order valence-electron chi connectivity index (χ2n) is 9.10. The maximum Gasteiger partial charge on any atom is 0.335 e. The third kappa shape index (κ3) is 6.46. The van der Waals surface area contributed by atoms with E-state index in [1.807, 2.05) is 77.7 Å². The summed E-state index contributed by atoms with van der Waals surface area (Å²) in [6.45, 7) is 6.96. The van der Waals surface area contributed by atoms with E-state index in [1.54, 1.807) is 36.4 Å². The predicted molar refractivity (Wildman–Crippen MR) is 167 cm³/mol. The van der Waals surface area contributed by atoms with Gasteiger partial charge in [0.1, 0.15) is 11.5 Å².